The van der Waals surface area contributed by atoms with E-state index in [1.807, 2.05) is 0 Å². The molecule has 0 radical (unpaired) electrons. The Morgan fingerprint density at radius 3 is 2.50 bits per heavy atom. The second kappa shape index (κ2) is 6.41. The summed E-state index contributed by atoms with van der Waals surface area (Å²) in [6, 6.07) is 0. The lowest BCUT2D eigenvalue weighted by molar-refractivity contribution is 0.0880. The molecule has 0 heterocycles. The van der Waals surface area contributed by atoms with Gasteiger partial charge in [-0.2, -0.15) is 0 Å². The van der Waals surface area contributed by atoms with E-state index in [4.69, 9.17) is 0 Å². The predicted octanol–water partition coefficient (Wildman–Crippen LogP) is 2.27. The highest BCUT2D eigenvalue weighted by Gasteiger charge is 2.20. The van der Waals surface area contributed by atoms with E-state index in [0.717, 1.165) is 31.8 Å². The van der Waals surface area contributed by atoms with Crippen LogP contribution in [0.15, 0.2) is 0 Å². The lowest BCUT2D eigenvalue weighted by Gasteiger charge is -2.32. The molecule has 0 bridgehead atoms. The second-order valence-corrected chi connectivity index (χ2v) is 4.59. The van der Waals surface area contributed by atoms with Crippen molar-refractivity contribution in [3.63, 3.8) is 0 Å². The van der Waals surface area contributed by atoms with Crippen LogP contribution >= 0.6 is 0 Å². The molecule has 1 atom stereocenters. The number of nitrogens with zero attached hydrogens (tertiary/aromatic N) is 1. The second-order valence-electron chi connectivity index (χ2n) is 4.59. The molecule has 0 spiro atoms. The van der Waals surface area contributed by atoms with Gasteiger partial charge in [-0.3, -0.25) is 0 Å². The van der Waals surface area contributed by atoms with E-state index in [1.165, 1.54) is 25.8 Å². The summed E-state index contributed by atoms with van der Waals surface area (Å²) in [4.78, 5) is 2.41. The summed E-state index contributed by atoms with van der Waals surface area (Å²) >= 11 is 0. The summed E-state index contributed by atoms with van der Waals surface area (Å²) in [6.45, 7) is 7.48. The first-order valence-electron chi connectivity index (χ1n) is 6.16. The predicted molar refractivity (Wildman–Crippen MR) is 60.4 cm³/mol. The van der Waals surface area contributed by atoms with Gasteiger partial charge in [0.15, 0.2) is 0 Å². The number of likely N-dealkylation sites (N-methyl/N-ethyl adjacent to an activating group) is 1. The topological polar surface area (TPSA) is 23.5 Å². The maximum absolute atomic E-state index is 9.71. The zero-order valence-electron chi connectivity index (χ0n) is 9.71. The average Bonchev–Trinajstić information content (AvgIpc) is 2.09. The Balaban J connectivity index is 2.15. The summed E-state index contributed by atoms with van der Waals surface area (Å²) < 4.78 is 0. The van der Waals surface area contributed by atoms with Crippen LogP contribution in [0, 0.1) is 5.92 Å². The molecule has 1 N–H and O–H groups in total. The Morgan fingerprint density at radius 2 is 2.07 bits per heavy atom. The normalized spacial score (nSPS) is 19.7. The minimum absolute atomic E-state index is 0.111. The summed E-state index contributed by atoms with van der Waals surface area (Å²) in [5.74, 6) is 0.920. The molecule has 0 aromatic rings. The van der Waals surface area contributed by atoms with Crippen LogP contribution in [0.3, 0.4) is 0 Å². The number of aliphatic hydroxyl groups is 1. The fourth-order valence-electron chi connectivity index (χ4n) is 2.10. The first kappa shape index (κ1) is 12.0. The van der Waals surface area contributed by atoms with Crippen LogP contribution in [0.5, 0.6) is 0 Å². The van der Waals surface area contributed by atoms with Crippen molar-refractivity contribution in [2.75, 3.05) is 19.6 Å². The van der Waals surface area contributed by atoms with Crippen LogP contribution in [0.25, 0.3) is 0 Å². The third-order valence-electron chi connectivity index (χ3n) is 3.28. The standard InChI is InChI=1S/C12H25NO/c1-3-6-12(14)10-13(4-2)9-11-7-5-8-11/h11-12,14H,3-10H2,1-2H3. The number of aliphatic hydroxyl groups excluding tert-OH is 1. The Kier molecular flexibility index (Phi) is 5.49. The lowest BCUT2D eigenvalue weighted by Crippen LogP contribution is -2.37. The van der Waals surface area contributed by atoms with Crippen molar-refractivity contribution in [2.24, 2.45) is 5.92 Å². The van der Waals surface area contributed by atoms with E-state index in [1.54, 1.807) is 0 Å². The van der Waals surface area contributed by atoms with Gasteiger partial charge in [-0.05, 0) is 31.7 Å². The number of rotatable bonds is 7. The Morgan fingerprint density at radius 1 is 1.36 bits per heavy atom. The van der Waals surface area contributed by atoms with Crippen LogP contribution in [0.2, 0.25) is 0 Å². The highest BCUT2D eigenvalue weighted by Crippen LogP contribution is 2.27. The highest BCUT2D eigenvalue weighted by atomic mass is 16.3. The monoisotopic (exact) mass is 199 g/mol. The van der Waals surface area contributed by atoms with Crippen molar-refractivity contribution >= 4 is 0 Å². The molecule has 0 saturated heterocycles. The maximum atomic E-state index is 9.71. The minimum atomic E-state index is -0.111. The average molecular weight is 199 g/mol. The summed E-state index contributed by atoms with van der Waals surface area (Å²) in [5.41, 5.74) is 0. The third kappa shape index (κ3) is 3.97. The Hall–Kier alpha value is -0.0800. The van der Waals surface area contributed by atoms with E-state index in [-0.39, 0.29) is 6.10 Å². The highest BCUT2D eigenvalue weighted by molar-refractivity contribution is 4.74. The molecule has 2 nitrogen and oxygen atoms in total. The van der Waals surface area contributed by atoms with Crippen molar-refractivity contribution in [3.05, 3.63) is 0 Å². The van der Waals surface area contributed by atoms with E-state index < -0.39 is 0 Å². The van der Waals surface area contributed by atoms with E-state index in [9.17, 15) is 5.11 Å². The molecule has 1 aliphatic rings. The van der Waals surface area contributed by atoms with Gasteiger partial charge in [0.05, 0.1) is 6.10 Å². The zero-order chi connectivity index (χ0) is 10.4. The Labute approximate surface area is 88.3 Å². The largest absolute Gasteiger partial charge is 0.392 e. The molecule has 0 amide bonds. The van der Waals surface area contributed by atoms with Crippen LogP contribution in [-0.2, 0) is 0 Å². The van der Waals surface area contributed by atoms with Gasteiger partial charge in [0.2, 0.25) is 0 Å². The molecule has 0 aromatic heterocycles. The van der Waals surface area contributed by atoms with E-state index in [2.05, 4.69) is 18.7 Å². The molecular weight excluding hydrogens is 174 g/mol. The number of hydrogen-bond acceptors (Lipinski definition) is 2. The summed E-state index contributed by atoms with van der Waals surface area (Å²) in [6.07, 6.45) is 6.14. The van der Waals surface area contributed by atoms with Gasteiger partial charge >= 0.3 is 0 Å². The minimum Gasteiger partial charge on any atom is -0.392 e. The molecule has 1 rings (SSSR count). The van der Waals surface area contributed by atoms with Gasteiger partial charge in [0.1, 0.15) is 0 Å². The quantitative estimate of drug-likeness (QED) is 0.680. The van der Waals surface area contributed by atoms with Crippen molar-refractivity contribution in [3.8, 4) is 0 Å². The fraction of sp³-hybridized carbons (Fsp3) is 1.00. The summed E-state index contributed by atoms with van der Waals surface area (Å²) in [7, 11) is 0. The smallest absolute Gasteiger partial charge is 0.0667 e. The van der Waals surface area contributed by atoms with Gasteiger partial charge in [0.25, 0.3) is 0 Å². The molecule has 1 aliphatic carbocycles. The van der Waals surface area contributed by atoms with E-state index >= 15 is 0 Å². The zero-order valence-corrected chi connectivity index (χ0v) is 9.71. The first-order chi connectivity index (χ1) is 6.76. The molecule has 2 heteroatoms. The van der Waals surface area contributed by atoms with Gasteiger partial charge in [-0.25, -0.2) is 0 Å². The molecule has 84 valence electrons. The molecule has 1 unspecified atom stereocenters. The van der Waals surface area contributed by atoms with Gasteiger partial charge < -0.3 is 10.0 Å². The van der Waals surface area contributed by atoms with Crippen molar-refractivity contribution < 1.29 is 5.11 Å². The van der Waals surface area contributed by atoms with Crippen LogP contribution < -0.4 is 0 Å². The molecule has 1 saturated carbocycles. The maximum Gasteiger partial charge on any atom is 0.0667 e. The van der Waals surface area contributed by atoms with Gasteiger partial charge in [-0.15, -0.1) is 0 Å². The van der Waals surface area contributed by atoms with Crippen LogP contribution in [-0.4, -0.2) is 35.7 Å². The Bertz CT molecular complexity index is 145. The number of hydrogen-bond donors (Lipinski definition) is 1. The first-order valence-corrected chi connectivity index (χ1v) is 6.16. The SMILES string of the molecule is CCCC(O)CN(CC)CC1CCC1. The fourth-order valence-corrected chi connectivity index (χ4v) is 2.10. The van der Waals surface area contributed by atoms with Crippen molar-refractivity contribution in [1.29, 1.82) is 0 Å². The summed E-state index contributed by atoms with van der Waals surface area (Å²) in [5, 5.41) is 9.71. The van der Waals surface area contributed by atoms with Crippen LogP contribution in [0.1, 0.15) is 46.0 Å². The van der Waals surface area contributed by atoms with Gasteiger partial charge in [-0.1, -0.05) is 26.7 Å². The lowest BCUT2D eigenvalue weighted by atomic mass is 9.85. The van der Waals surface area contributed by atoms with Crippen LogP contribution in [0.4, 0.5) is 0 Å². The molecule has 1 fully saturated rings. The molecule has 0 aliphatic heterocycles. The third-order valence-corrected chi connectivity index (χ3v) is 3.28. The van der Waals surface area contributed by atoms with E-state index in [0.29, 0.717) is 0 Å². The molecular formula is C12H25NO. The molecule has 0 aromatic carbocycles. The van der Waals surface area contributed by atoms with Gasteiger partial charge in [0, 0.05) is 13.1 Å². The van der Waals surface area contributed by atoms with Crippen molar-refractivity contribution in [2.45, 2.75) is 52.1 Å². The van der Waals surface area contributed by atoms with Crippen molar-refractivity contribution in [1.82, 2.24) is 4.90 Å². The molecule has 14 heavy (non-hydrogen) atoms.